The van der Waals surface area contributed by atoms with Crippen molar-refractivity contribution in [1.29, 1.82) is 0 Å². The molecule has 0 saturated carbocycles. The number of carbonyl (C=O) groups is 2. The molecule has 12 nitrogen and oxygen atoms in total. The number of ether oxygens (including phenoxy) is 3. The summed E-state index contributed by atoms with van der Waals surface area (Å²) in [7, 11) is -2.74. The second kappa shape index (κ2) is 14.8. The summed E-state index contributed by atoms with van der Waals surface area (Å²) >= 11 is 0. The summed E-state index contributed by atoms with van der Waals surface area (Å²) < 4.78 is 44.9. The van der Waals surface area contributed by atoms with E-state index in [9.17, 15) is 28.2 Å². The molecule has 0 aliphatic carbocycles. The highest BCUT2D eigenvalue weighted by Gasteiger charge is 2.38. The van der Waals surface area contributed by atoms with E-state index in [1.54, 1.807) is 38.1 Å². The summed E-state index contributed by atoms with van der Waals surface area (Å²) in [5.41, 5.74) is 5.36. The molecule has 0 bridgehead atoms. The Morgan fingerprint density at radius 3 is 2.29 bits per heavy atom. The Hall–Kier alpha value is -3.23. The number of aliphatic hydroxyl groups is 1. The Bertz CT molecular complexity index is 1270. The molecule has 1 heterocycles. The number of aliphatic hydroxyl groups excluding tert-OH is 1. The fourth-order valence-corrected chi connectivity index (χ4v) is 6.61. The third-order valence-corrected chi connectivity index (χ3v) is 9.05. The summed E-state index contributed by atoms with van der Waals surface area (Å²) in [4.78, 5) is 24.9. The fourth-order valence-electron chi connectivity index (χ4n) is 4.96. The monoisotopic (exact) mass is 606 g/mol. The van der Waals surface area contributed by atoms with Crippen molar-refractivity contribution in [3.8, 4) is 5.75 Å². The molecule has 2 amide bonds. The van der Waals surface area contributed by atoms with Crippen molar-refractivity contribution < 1.29 is 42.4 Å². The lowest BCUT2D eigenvalue weighted by Crippen LogP contribution is -2.62. The quantitative estimate of drug-likeness (QED) is 0.300. The maximum absolute atomic E-state index is 14.0. The van der Waals surface area contributed by atoms with Crippen molar-refractivity contribution in [2.75, 3.05) is 40.2 Å². The van der Waals surface area contributed by atoms with Gasteiger partial charge in [-0.3, -0.25) is 4.79 Å². The first-order valence-corrected chi connectivity index (χ1v) is 15.1. The van der Waals surface area contributed by atoms with Gasteiger partial charge >= 0.3 is 0 Å². The van der Waals surface area contributed by atoms with Gasteiger partial charge in [-0.1, -0.05) is 44.2 Å². The highest BCUT2D eigenvalue weighted by atomic mass is 32.2. The number of hydrogen-bond donors (Lipinski definition) is 2. The van der Waals surface area contributed by atoms with Crippen molar-refractivity contribution in [3.05, 3.63) is 60.2 Å². The van der Waals surface area contributed by atoms with E-state index in [0.717, 1.165) is 14.8 Å². The Morgan fingerprint density at radius 2 is 1.74 bits per heavy atom. The summed E-state index contributed by atoms with van der Waals surface area (Å²) in [5, 5.41) is 24.2. The molecular formula is C29H40N3O9S-. The van der Waals surface area contributed by atoms with Gasteiger partial charge in [-0.15, -0.1) is 0 Å². The van der Waals surface area contributed by atoms with Crippen molar-refractivity contribution in [3.63, 3.8) is 0 Å². The largest absolute Gasteiger partial charge is 0.530 e. The minimum atomic E-state index is -4.20. The van der Waals surface area contributed by atoms with Crippen LogP contribution < -0.4 is 15.6 Å². The molecule has 0 radical (unpaired) electrons. The number of sulfonamides is 1. The van der Waals surface area contributed by atoms with Gasteiger partial charge in [-0.2, -0.15) is 4.31 Å². The van der Waals surface area contributed by atoms with Crippen LogP contribution in [0.1, 0.15) is 32.3 Å². The Kier molecular flexibility index (Phi) is 11.7. The lowest BCUT2D eigenvalue weighted by Gasteiger charge is -2.44. The van der Waals surface area contributed by atoms with Gasteiger partial charge in [0.2, 0.25) is 15.9 Å². The maximum atomic E-state index is 14.0. The maximum Gasteiger partial charge on any atom is 0.243 e. The van der Waals surface area contributed by atoms with Crippen molar-refractivity contribution >= 4 is 22.0 Å². The minimum absolute atomic E-state index is 0.0115. The van der Waals surface area contributed by atoms with E-state index in [2.05, 4.69) is 0 Å². The number of nitrogens with zero attached hydrogens (tertiary/aromatic N) is 2. The highest BCUT2D eigenvalue weighted by molar-refractivity contribution is 7.89. The topological polar surface area (TPSA) is 172 Å². The molecule has 2 atom stereocenters. The van der Waals surface area contributed by atoms with Gasteiger partial charge in [0.05, 0.1) is 43.4 Å². The van der Waals surface area contributed by atoms with Crippen LogP contribution in [-0.2, 0) is 30.7 Å². The van der Waals surface area contributed by atoms with Crippen molar-refractivity contribution in [2.24, 2.45) is 11.1 Å². The van der Waals surface area contributed by atoms with Crippen LogP contribution in [0.3, 0.4) is 0 Å². The number of carboxylic acid groups (broad SMARTS) is 1. The molecule has 1 fully saturated rings. The molecular weight excluding hydrogens is 566 g/mol. The third kappa shape index (κ3) is 9.13. The van der Waals surface area contributed by atoms with Crippen LogP contribution in [0.4, 0.5) is 4.79 Å². The van der Waals surface area contributed by atoms with Crippen LogP contribution in [0.2, 0.25) is 0 Å². The van der Waals surface area contributed by atoms with Gasteiger partial charge in [-0.05, 0) is 48.1 Å². The molecule has 0 unspecified atom stereocenters. The standard InChI is InChI=1S/C29H41N3O9S/c1-29(2,14-13-27(30)34)19-31(42(37,38)24-11-9-23(39-3)10-12-24)16-26(33)25(15-21-7-5-4-6-8-21)32(28(35)36)22-17-40-20-41-18-22/h4-12,22,25-26,33H,13-20H2,1-3H3,(H2,30,34)(H,35,36)/p-1/t25-,26+/m0/s1. The molecule has 1 aliphatic heterocycles. The highest BCUT2D eigenvalue weighted by Crippen LogP contribution is 2.29. The fraction of sp³-hybridized carbons (Fsp3) is 0.517. The molecule has 13 heteroatoms. The van der Waals surface area contributed by atoms with Gasteiger partial charge in [0.15, 0.2) is 0 Å². The van der Waals surface area contributed by atoms with Crippen LogP contribution in [0, 0.1) is 5.41 Å². The summed E-state index contributed by atoms with van der Waals surface area (Å²) in [5.74, 6) is -0.0520. The van der Waals surface area contributed by atoms with Gasteiger partial charge in [0.1, 0.15) is 18.6 Å². The Labute approximate surface area is 247 Å². The number of methoxy groups -OCH3 is 1. The van der Waals surface area contributed by atoms with Crippen LogP contribution >= 0.6 is 0 Å². The number of nitrogens with two attached hydrogens (primary N) is 1. The predicted molar refractivity (Wildman–Crippen MR) is 152 cm³/mol. The SMILES string of the molecule is COc1ccc(S(=O)(=O)N(C[C@@H](O)[C@H](Cc2ccccc2)N(C(=O)[O-])C2COCOC2)CC(C)(C)CCC(N)=O)cc1. The average Bonchev–Trinajstić information content (AvgIpc) is 2.96. The molecule has 42 heavy (non-hydrogen) atoms. The van der Waals surface area contributed by atoms with Gasteiger partial charge < -0.3 is 39.9 Å². The number of hydrogen-bond acceptors (Lipinski definition) is 9. The number of primary amides is 1. The van der Waals surface area contributed by atoms with Crippen molar-refractivity contribution in [1.82, 2.24) is 9.21 Å². The van der Waals surface area contributed by atoms with Crippen LogP contribution in [0.15, 0.2) is 59.5 Å². The lowest BCUT2D eigenvalue weighted by molar-refractivity contribution is -0.278. The molecule has 2 aromatic carbocycles. The second-order valence-electron chi connectivity index (χ2n) is 11.1. The van der Waals surface area contributed by atoms with E-state index < -0.39 is 52.2 Å². The van der Waals surface area contributed by atoms with Gasteiger partial charge in [0, 0.05) is 19.5 Å². The first-order valence-electron chi connectivity index (χ1n) is 13.6. The Balaban J connectivity index is 2.01. The van der Waals surface area contributed by atoms with E-state index in [1.807, 2.05) is 6.07 Å². The van der Waals surface area contributed by atoms with Crippen molar-refractivity contribution in [2.45, 2.75) is 56.2 Å². The molecule has 3 N–H and O–H groups in total. The molecule has 2 aromatic rings. The first kappa shape index (κ1) is 33.3. The average molecular weight is 607 g/mol. The summed E-state index contributed by atoms with van der Waals surface area (Å²) in [6.45, 7) is 3.14. The predicted octanol–water partition coefficient (Wildman–Crippen LogP) is 0.968. The number of benzene rings is 2. The molecule has 1 saturated heterocycles. The molecule has 0 aromatic heterocycles. The van der Waals surface area contributed by atoms with Gasteiger partial charge in [-0.25, -0.2) is 8.42 Å². The molecule has 3 rings (SSSR count). The molecule has 232 valence electrons. The number of rotatable bonds is 15. The first-order chi connectivity index (χ1) is 19.8. The third-order valence-electron chi connectivity index (χ3n) is 7.22. The summed E-state index contributed by atoms with van der Waals surface area (Å²) in [6, 6.07) is 12.9. The van der Waals surface area contributed by atoms with E-state index in [-0.39, 0.29) is 44.3 Å². The van der Waals surface area contributed by atoms with Crippen LogP contribution in [-0.4, -0.2) is 93.1 Å². The zero-order valence-corrected chi connectivity index (χ0v) is 25.0. The second-order valence-corrected chi connectivity index (χ2v) is 13.1. The lowest BCUT2D eigenvalue weighted by atomic mass is 9.87. The normalized spacial score (nSPS) is 16.1. The minimum Gasteiger partial charge on any atom is -0.530 e. The summed E-state index contributed by atoms with van der Waals surface area (Å²) in [6.07, 6.45) is -2.61. The molecule has 1 aliphatic rings. The number of carbonyl (C=O) groups excluding carboxylic acids is 2. The zero-order valence-electron chi connectivity index (χ0n) is 24.2. The van der Waals surface area contributed by atoms with Crippen LogP contribution in [0.25, 0.3) is 0 Å². The Morgan fingerprint density at radius 1 is 1.12 bits per heavy atom. The van der Waals surface area contributed by atoms with Crippen LogP contribution in [0.5, 0.6) is 5.75 Å². The van der Waals surface area contributed by atoms with E-state index in [1.165, 1.54) is 31.4 Å². The van der Waals surface area contributed by atoms with Gasteiger partial charge in [0.25, 0.3) is 0 Å². The van der Waals surface area contributed by atoms with E-state index in [0.29, 0.717) is 12.2 Å². The zero-order chi connectivity index (χ0) is 30.9. The van der Waals surface area contributed by atoms with E-state index >= 15 is 0 Å². The molecule has 0 spiro atoms. The van der Waals surface area contributed by atoms with E-state index in [4.69, 9.17) is 19.9 Å². The smallest absolute Gasteiger partial charge is 0.243 e. The number of amides is 2.